The minimum atomic E-state index is 0.0433. The molecular weight excluding hydrogens is 318 g/mol. The topological polar surface area (TPSA) is 56.7 Å². The van der Waals surface area contributed by atoms with E-state index in [2.05, 4.69) is 47.0 Å². The van der Waals surface area contributed by atoms with Gasteiger partial charge in [-0.15, -0.1) is 11.3 Å². The van der Waals surface area contributed by atoms with Gasteiger partial charge in [0, 0.05) is 36.3 Å². The maximum absolute atomic E-state index is 9.65. The highest BCUT2D eigenvalue weighted by molar-refractivity contribution is 7.10. The van der Waals surface area contributed by atoms with Gasteiger partial charge in [-0.1, -0.05) is 50.2 Å². The molecule has 0 bridgehead atoms. The summed E-state index contributed by atoms with van der Waals surface area (Å²) in [6, 6.07) is 14.3. The first-order valence-electron chi connectivity index (χ1n) is 8.21. The van der Waals surface area contributed by atoms with Crippen LogP contribution in [0.25, 0.3) is 0 Å². The lowest BCUT2D eigenvalue weighted by molar-refractivity contribution is 0.265. The lowest BCUT2D eigenvalue weighted by atomic mass is 9.91. The second-order valence-corrected chi connectivity index (χ2v) is 7.41. The molecule has 0 saturated heterocycles. The van der Waals surface area contributed by atoms with Crippen molar-refractivity contribution in [2.45, 2.75) is 25.2 Å². The molecule has 1 aromatic carbocycles. The van der Waals surface area contributed by atoms with Crippen LogP contribution in [0, 0.1) is 0 Å². The maximum atomic E-state index is 9.65. The van der Waals surface area contributed by atoms with Crippen LogP contribution in [-0.2, 0) is 5.41 Å². The molecule has 0 aliphatic rings. The zero-order chi connectivity index (χ0) is 17.4. The molecule has 0 fully saturated rings. The summed E-state index contributed by atoms with van der Waals surface area (Å²) in [5.74, 6) is 0.809. The summed E-state index contributed by atoms with van der Waals surface area (Å²) < 4.78 is 0. The van der Waals surface area contributed by atoms with Gasteiger partial charge in [-0.3, -0.25) is 4.99 Å². The van der Waals surface area contributed by atoms with Gasteiger partial charge in [0.2, 0.25) is 0 Å². The molecule has 4 nitrogen and oxygen atoms in total. The van der Waals surface area contributed by atoms with Gasteiger partial charge in [0.05, 0.1) is 6.61 Å². The van der Waals surface area contributed by atoms with E-state index in [4.69, 9.17) is 0 Å². The van der Waals surface area contributed by atoms with Gasteiger partial charge in [0.15, 0.2) is 5.96 Å². The number of guanidine groups is 1. The molecule has 1 heterocycles. The Balaban J connectivity index is 1.88. The van der Waals surface area contributed by atoms with Crippen LogP contribution in [0.3, 0.4) is 0 Å². The van der Waals surface area contributed by atoms with Crippen molar-refractivity contribution in [3.63, 3.8) is 0 Å². The van der Waals surface area contributed by atoms with Crippen molar-refractivity contribution in [1.29, 1.82) is 0 Å². The highest BCUT2D eigenvalue weighted by Crippen LogP contribution is 2.26. The number of aliphatic hydroxyl groups excluding tert-OH is 1. The Bertz CT molecular complexity index is 623. The van der Waals surface area contributed by atoms with Crippen LogP contribution in [0.2, 0.25) is 0 Å². The van der Waals surface area contributed by atoms with Gasteiger partial charge in [-0.05, 0) is 17.0 Å². The number of rotatable bonds is 7. The Hall–Kier alpha value is -1.85. The third-order valence-corrected chi connectivity index (χ3v) is 5.35. The van der Waals surface area contributed by atoms with E-state index in [1.54, 1.807) is 18.4 Å². The van der Waals surface area contributed by atoms with E-state index in [-0.39, 0.29) is 17.9 Å². The summed E-state index contributed by atoms with van der Waals surface area (Å²) in [6.07, 6.45) is 0. The summed E-state index contributed by atoms with van der Waals surface area (Å²) in [6.45, 7) is 5.98. The number of thiophene rings is 1. The molecule has 2 rings (SSSR count). The normalized spacial score (nSPS) is 13.6. The summed E-state index contributed by atoms with van der Waals surface area (Å²) in [7, 11) is 1.77. The zero-order valence-electron chi connectivity index (χ0n) is 14.6. The molecule has 0 saturated carbocycles. The third kappa shape index (κ3) is 5.08. The Labute approximate surface area is 148 Å². The van der Waals surface area contributed by atoms with Crippen molar-refractivity contribution in [1.82, 2.24) is 10.6 Å². The minimum Gasteiger partial charge on any atom is -0.396 e. The molecule has 3 N–H and O–H groups in total. The molecule has 0 aliphatic heterocycles. The number of nitrogens with one attached hydrogen (secondary N) is 2. The molecule has 0 radical (unpaired) electrons. The Morgan fingerprint density at radius 3 is 2.50 bits per heavy atom. The minimum absolute atomic E-state index is 0.0433. The van der Waals surface area contributed by atoms with E-state index in [0.29, 0.717) is 6.54 Å². The first-order chi connectivity index (χ1) is 11.6. The fourth-order valence-electron chi connectivity index (χ4n) is 2.51. The van der Waals surface area contributed by atoms with E-state index in [1.165, 1.54) is 4.88 Å². The second kappa shape index (κ2) is 8.85. The number of aliphatic hydroxyl groups is 1. The lowest BCUT2D eigenvalue weighted by Crippen LogP contribution is -2.44. The van der Waals surface area contributed by atoms with Gasteiger partial charge in [0.25, 0.3) is 0 Å². The summed E-state index contributed by atoms with van der Waals surface area (Å²) in [4.78, 5) is 5.64. The Morgan fingerprint density at radius 2 is 1.92 bits per heavy atom. The Morgan fingerprint density at radius 1 is 1.17 bits per heavy atom. The number of nitrogens with zero attached hydrogens (tertiary/aromatic N) is 1. The molecule has 0 amide bonds. The molecule has 0 aliphatic carbocycles. The smallest absolute Gasteiger partial charge is 0.191 e. The van der Waals surface area contributed by atoms with Crippen molar-refractivity contribution in [3.05, 3.63) is 58.3 Å². The molecule has 1 unspecified atom stereocenters. The first-order valence-corrected chi connectivity index (χ1v) is 9.09. The molecule has 5 heteroatoms. The van der Waals surface area contributed by atoms with Crippen molar-refractivity contribution in [2.75, 3.05) is 26.7 Å². The fourth-order valence-corrected chi connectivity index (χ4v) is 3.36. The molecule has 24 heavy (non-hydrogen) atoms. The van der Waals surface area contributed by atoms with Crippen LogP contribution >= 0.6 is 11.3 Å². The molecule has 1 aromatic heterocycles. The first kappa shape index (κ1) is 18.5. The van der Waals surface area contributed by atoms with E-state index < -0.39 is 0 Å². The van der Waals surface area contributed by atoms with Crippen molar-refractivity contribution >= 4 is 17.3 Å². The van der Waals surface area contributed by atoms with Crippen molar-refractivity contribution in [2.24, 2.45) is 4.99 Å². The molecule has 1 atom stereocenters. The highest BCUT2D eigenvalue weighted by atomic mass is 32.1. The van der Waals surface area contributed by atoms with Gasteiger partial charge in [-0.25, -0.2) is 0 Å². The molecular formula is C19H27N3OS. The predicted octanol–water partition coefficient (Wildman–Crippen LogP) is 2.97. The fraction of sp³-hybridized carbons (Fsp3) is 0.421. The lowest BCUT2D eigenvalue weighted by Gasteiger charge is -2.25. The van der Waals surface area contributed by atoms with Crippen LogP contribution in [0.15, 0.2) is 52.8 Å². The predicted molar refractivity (Wildman–Crippen MR) is 103 cm³/mol. The van der Waals surface area contributed by atoms with Crippen molar-refractivity contribution < 1.29 is 5.11 Å². The third-order valence-electron chi connectivity index (χ3n) is 4.12. The largest absolute Gasteiger partial charge is 0.396 e. The molecule has 0 spiro atoms. The van der Waals surface area contributed by atoms with E-state index in [0.717, 1.165) is 18.1 Å². The van der Waals surface area contributed by atoms with Crippen LogP contribution in [0.4, 0.5) is 0 Å². The monoisotopic (exact) mass is 345 g/mol. The summed E-state index contributed by atoms with van der Waals surface area (Å²) in [5.41, 5.74) is 1.17. The van der Waals surface area contributed by atoms with E-state index >= 15 is 0 Å². The van der Waals surface area contributed by atoms with Crippen molar-refractivity contribution in [3.8, 4) is 0 Å². The molecule has 130 valence electrons. The average Bonchev–Trinajstić information content (AvgIpc) is 3.14. The summed E-state index contributed by atoms with van der Waals surface area (Å²) in [5, 5.41) is 18.5. The molecule has 2 aromatic rings. The highest BCUT2D eigenvalue weighted by Gasteiger charge is 2.22. The van der Waals surface area contributed by atoms with E-state index in [1.807, 2.05) is 30.3 Å². The van der Waals surface area contributed by atoms with Gasteiger partial charge >= 0.3 is 0 Å². The van der Waals surface area contributed by atoms with Crippen LogP contribution in [0.1, 0.15) is 30.2 Å². The average molecular weight is 346 g/mol. The SMILES string of the molecule is CN=C(NCC(CO)c1ccccc1)NCC(C)(C)c1cccs1. The summed E-state index contributed by atoms with van der Waals surface area (Å²) >= 11 is 1.77. The Kier molecular flexibility index (Phi) is 6.82. The number of benzene rings is 1. The van der Waals surface area contributed by atoms with Gasteiger partial charge < -0.3 is 15.7 Å². The number of aliphatic imine (C=N–C) groups is 1. The van der Waals surface area contributed by atoms with Crippen LogP contribution < -0.4 is 10.6 Å². The quantitative estimate of drug-likeness (QED) is 0.534. The number of hydrogen-bond acceptors (Lipinski definition) is 3. The van der Waals surface area contributed by atoms with Crippen LogP contribution in [0.5, 0.6) is 0 Å². The second-order valence-electron chi connectivity index (χ2n) is 6.46. The van der Waals surface area contributed by atoms with Crippen LogP contribution in [-0.4, -0.2) is 37.8 Å². The van der Waals surface area contributed by atoms with E-state index in [9.17, 15) is 5.11 Å². The van der Waals surface area contributed by atoms with Gasteiger partial charge in [-0.2, -0.15) is 0 Å². The zero-order valence-corrected chi connectivity index (χ0v) is 15.4. The van der Waals surface area contributed by atoms with Gasteiger partial charge in [0.1, 0.15) is 0 Å². The maximum Gasteiger partial charge on any atom is 0.191 e. The standard InChI is InChI=1S/C19H27N3OS/c1-19(2,17-10-7-11-24-17)14-22-18(20-3)21-12-16(13-23)15-8-5-4-6-9-15/h4-11,16,23H,12-14H2,1-3H3,(H2,20,21,22). The number of hydrogen-bond donors (Lipinski definition) is 3.